The molecule has 0 radical (unpaired) electrons. The van der Waals surface area contributed by atoms with Crippen molar-refractivity contribution >= 4 is 34.8 Å². The number of ether oxygens (including phenoxy) is 1. The minimum Gasteiger partial charge on any atom is -0.460 e. The summed E-state index contributed by atoms with van der Waals surface area (Å²) in [6.07, 6.45) is 0. The molecule has 0 aliphatic heterocycles. The van der Waals surface area contributed by atoms with Crippen LogP contribution in [-0.2, 0) is 20.9 Å². The first kappa shape index (κ1) is 19.1. The van der Waals surface area contributed by atoms with Gasteiger partial charge in [-0.25, -0.2) is 0 Å². The summed E-state index contributed by atoms with van der Waals surface area (Å²) in [5, 5.41) is 17.1. The van der Waals surface area contributed by atoms with Gasteiger partial charge in [0.1, 0.15) is 13.2 Å². The van der Waals surface area contributed by atoms with Gasteiger partial charge in [0, 0.05) is 12.1 Å². The molecule has 2 rings (SSSR count). The smallest absolute Gasteiger partial charge is 0.325 e. The second-order valence-corrected chi connectivity index (χ2v) is 5.97. The zero-order chi connectivity index (χ0) is 18.9. The van der Waals surface area contributed by atoms with Crippen molar-refractivity contribution in [2.75, 3.05) is 13.1 Å². The van der Waals surface area contributed by atoms with Crippen LogP contribution in [0.5, 0.6) is 0 Å². The largest absolute Gasteiger partial charge is 0.460 e. The second-order valence-electron chi connectivity index (χ2n) is 5.02. The highest BCUT2D eigenvalue weighted by molar-refractivity contribution is 7.12. The fourth-order valence-corrected chi connectivity index (χ4v) is 2.46. The molecule has 0 saturated carbocycles. The second kappa shape index (κ2) is 9.28. The van der Waals surface area contributed by atoms with Crippen LogP contribution in [0.1, 0.15) is 15.2 Å². The molecule has 0 bridgehead atoms. The minimum atomic E-state index is -0.665. The first-order valence-electron chi connectivity index (χ1n) is 7.43. The predicted octanol–water partition coefficient (Wildman–Crippen LogP) is 1.25. The number of nitro benzene ring substituents is 1. The molecule has 9 nitrogen and oxygen atoms in total. The van der Waals surface area contributed by atoms with E-state index in [1.165, 1.54) is 35.6 Å². The van der Waals surface area contributed by atoms with E-state index < -0.39 is 16.8 Å². The van der Waals surface area contributed by atoms with Crippen molar-refractivity contribution in [3.8, 4) is 0 Å². The molecular formula is C16H15N3O6S. The number of rotatable bonds is 8. The van der Waals surface area contributed by atoms with Crippen LogP contribution >= 0.6 is 11.3 Å². The Balaban J connectivity index is 1.65. The molecule has 0 atom stereocenters. The lowest BCUT2D eigenvalue weighted by molar-refractivity contribution is -0.384. The van der Waals surface area contributed by atoms with Crippen LogP contribution in [0.25, 0.3) is 0 Å². The van der Waals surface area contributed by atoms with Crippen LogP contribution in [0.4, 0.5) is 5.69 Å². The third-order valence-corrected chi connectivity index (χ3v) is 4.00. The molecule has 0 saturated heterocycles. The molecule has 0 fully saturated rings. The van der Waals surface area contributed by atoms with Crippen molar-refractivity contribution in [1.29, 1.82) is 0 Å². The number of hydrogen-bond donors (Lipinski definition) is 2. The van der Waals surface area contributed by atoms with Crippen molar-refractivity contribution in [3.63, 3.8) is 0 Å². The lowest BCUT2D eigenvalue weighted by Gasteiger charge is -2.07. The summed E-state index contributed by atoms with van der Waals surface area (Å²) in [5.74, 6) is -1.56. The number of carbonyl (C=O) groups is 3. The maximum atomic E-state index is 11.7. The molecule has 0 unspecified atom stereocenters. The molecule has 136 valence electrons. The molecule has 2 aromatic rings. The van der Waals surface area contributed by atoms with Crippen LogP contribution < -0.4 is 10.6 Å². The number of nitrogens with one attached hydrogen (secondary N) is 2. The van der Waals surface area contributed by atoms with E-state index in [9.17, 15) is 24.5 Å². The van der Waals surface area contributed by atoms with Gasteiger partial charge in [0.05, 0.1) is 16.3 Å². The Morgan fingerprint density at radius 3 is 2.42 bits per heavy atom. The van der Waals surface area contributed by atoms with Gasteiger partial charge in [0.15, 0.2) is 0 Å². The van der Waals surface area contributed by atoms with Crippen molar-refractivity contribution in [3.05, 3.63) is 62.3 Å². The van der Waals surface area contributed by atoms with Gasteiger partial charge in [-0.1, -0.05) is 6.07 Å². The van der Waals surface area contributed by atoms with E-state index in [1.807, 2.05) is 0 Å². The van der Waals surface area contributed by atoms with E-state index in [0.717, 1.165) is 0 Å². The standard InChI is InChI=1S/C16H15N3O6S/c20-14(8-18-16(22)13-2-1-7-26-13)17-9-15(21)25-10-11-3-5-12(6-4-11)19(23)24/h1-7H,8-10H2,(H,17,20)(H,18,22). The molecule has 1 aromatic carbocycles. The highest BCUT2D eigenvalue weighted by Gasteiger charge is 2.11. The Hall–Kier alpha value is -3.27. The fraction of sp³-hybridized carbons (Fsp3) is 0.188. The van der Waals surface area contributed by atoms with Crippen molar-refractivity contribution in [2.45, 2.75) is 6.61 Å². The molecule has 26 heavy (non-hydrogen) atoms. The van der Waals surface area contributed by atoms with E-state index in [-0.39, 0.29) is 31.3 Å². The molecule has 0 spiro atoms. The summed E-state index contributed by atoms with van der Waals surface area (Å²) >= 11 is 1.25. The summed E-state index contributed by atoms with van der Waals surface area (Å²) in [6, 6.07) is 8.92. The minimum absolute atomic E-state index is 0.0584. The molecule has 2 N–H and O–H groups in total. The van der Waals surface area contributed by atoms with Crippen molar-refractivity contribution in [2.24, 2.45) is 0 Å². The van der Waals surface area contributed by atoms with Crippen LogP contribution in [-0.4, -0.2) is 35.8 Å². The first-order valence-corrected chi connectivity index (χ1v) is 8.31. The maximum Gasteiger partial charge on any atom is 0.325 e. The van der Waals surface area contributed by atoms with Gasteiger partial charge in [-0.15, -0.1) is 11.3 Å². The third kappa shape index (κ3) is 5.98. The maximum absolute atomic E-state index is 11.7. The Labute approximate surface area is 152 Å². The van der Waals surface area contributed by atoms with Crippen molar-refractivity contribution in [1.82, 2.24) is 10.6 Å². The molecule has 1 heterocycles. The van der Waals surface area contributed by atoms with Gasteiger partial charge in [-0.05, 0) is 29.1 Å². The van der Waals surface area contributed by atoms with E-state index in [1.54, 1.807) is 17.5 Å². The molecule has 1 aromatic heterocycles. The highest BCUT2D eigenvalue weighted by Crippen LogP contribution is 2.12. The third-order valence-electron chi connectivity index (χ3n) is 3.13. The molecule has 10 heteroatoms. The highest BCUT2D eigenvalue weighted by atomic mass is 32.1. The average Bonchev–Trinajstić information content (AvgIpc) is 3.17. The van der Waals surface area contributed by atoms with Gasteiger partial charge < -0.3 is 15.4 Å². The summed E-state index contributed by atoms with van der Waals surface area (Å²) in [7, 11) is 0. The van der Waals surface area contributed by atoms with Crippen LogP contribution in [0.3, 0.4) is 0 Å². The zero-order valence-electron chi connectivity index (χ0n) is 13.5. The van der Waals surface area contributed by atoms with E-state index >= 15 is 0 Å². The fourth-order valence-electron chi connectivity index (χ4n) is 1.82. The average molecular weight is 377 g/mol. The number of non-ortho nitro benzene ring substituents is 1. The monoisotopic (exact) mass is 377 g/mol. The lowest BCUT2D eigenvalue weighted by Crippen LogP contribution is -2.39. The number of nitro groups is 1. The van der Waals surface area contributed by atoms with Gasteiger partial charge in [0.2, 0.25) is 5.91 Å². The molecular weight excluding hydrogens is 362 g/mol. The van der Waals surface area contributed by atoms with Crippen LogP contribution in [0.2, 0.25) is 0 Å². The number of nitrogens with zero attached hydrogens (tertiary/aromatic N) is 1. The Bertz CT molecular complexity index is 789. The zero-order valence-corrected chi connectivity index (χ0v) is 14.3. The number of thiophene rings is 1. The number of esters is 1. The van der Waals surface area contributed by atoms with Crippen molar-refractivity contribution < 1.29 is 24.0 Å². The van der Waals surface area contributed by atoms with E-state index in [0.29, 0.717) is 10.4 Å². The molecule has 2 amide bonds. The lowest BCUT2D eigenvalue weighted by atomic mass is 10.2. The van der Waals surface area contributed by atoms with Crippen LogP contribution in [0.15, 0.2) is 41.8 Å². The van der Waals surface area contributed by atoms with Crippen LogP contribution in [0, 0.1) is 10.1 Å². The Kier molecular flexibility index (Phi) is 6.80. The summed E-state index contributed by atoms with van der Waals surface area (Å²) in [4.78, 5) is 45.4. The van der Waals surface area contributed by atoms with Gasteiger partial charge in [-0.3, -0.25) is 24.5 Å². The van der Waals surface area contributed by atoms with Gasteiger partial charge >= 0.3 is 5.97 Å². The molecule has 0 aliphatic rings. The predicted molar refractivity (Wildman–Crippen MR) is 92.6 cm³/mol. The summed E-state index contributed by atoms with van der Waals surface area (Å²) < 4.78 is 4.95. The van der Waals surface area contributed by atoms with E-state index in [2.05, 4.69) is 10.6 Å². The van der Waals surface area contributed by atoms with E-state index in [4.69, 9.17) is 4.74 Å². The Morgan fingerprint density at radius 2 is 1.81 bits per heavy atom. The summed E-state index contributed by atoms with van der Waals surface area (Å²) in [6.45, 7) is -0.672. The number of hydrogen-bond acceptors (Lipinski definition) is 7. The number of benzene rings is 1. The number of carbonyl (C=O) groups excluding carboxylic acids is 3. The van der Waals surface area contributed by atoms with Gasteiger partial charge in [-0.2, -0.15) is 0 Å². The van der Waals surface area contributed by atoms with Gasteiger partial charge in [0.25, 0.3) is 11.6 Å². The summed E-state index contributed by atoms with van der Waals surface area (Å²) in [5.41, 5.74) is 0.524. The normalized spacial score (nSPS) is 10.0. The quantitative estimate of drug-likeness (QED) is 0.405. The molecule has 0 aliphatic carbocycles. The SMILES string of the molecule is O=C(CNC(=O)c1cccs1)NCC(=O)OCc1ccc([N+](=O)[O-])cc1. The number of amides is 2. The topological polar surface area (TPSA) is 128 Å². The first-order chi connectivity index (χ1) is 12.5. The Morgan fingerprint density at radius 1 is 1.08 bits per heavy atom.